The molecule has 0 radical (unpaired) electrons. The summed E-state index contributed by atoms with van der Waals surface area (Å²) in [5, 5.41) is 9.39. The number of ether oxygens (including phenoxy) is 2. The third-order valence-electron chi connectivity index (χ3n) is 4.41. The Morgan fingerprint density at radius 2 is 1.73 bits per heavy atom. The van der Waals surface area contributed by atoms with E-state index in [0.29, 0.717) is 11.6 Å². The van der Waals surface area contributed by atoms with Gasteiger partial charge in [-0.2, -0.15) is 0 Å². The van der Waals surface area contributed by atoms with Crippen molar-refractivity contribution in [3.8, 4) is 17.2 Å². The molecule has 5 nitrogen and oxygen atoms in total. The number of nitrogens with zero attached hydrogens (tertiary/aromatic N) is 3. The zero-order valence-electron chi connectivity index (χ0n) is 16.4. The first-order valence-corrected chi connectivity index (χ1v) is 10.4. The van der Waals surface area contributed by atoms with Gasteiger partial charge in [0, 0.05) is 11.4 Å². The summed E-state index contributed by atoms with van der Waals surface area (Å²) < 4.78 is 26.8. The van der Waals surface area contributed by atoms with Crippen molar-refractivity contribution in [3.05, 3.63) is 96.1 Å². The molecule has 0 saturated heterocycles. The van der Waals surface area contributed by atoms with Crippen LogP contribution in [0.4, 0.5) is 4.39 Å². The molecule has 0 spiro atoms. The highest BCUT2D eigenvalue weighted by Gasteiger charge is 2.16. The number of benzene rings is 3. The molecule has 0 amide bonds. The Balaban J connectivity index is 1.58. The van der Waals surface area contributed by atoms with Crippen LogP contribution >= 0.6 is 11.8 Å². The van der Waals surface area contributed by atoms with E-state index >= 15 is 0 Å². The maximum atomic E-state index is 13.9. The maximum absolute atomic E-state index is 13.9. The molecular formula is C23H20FN3O2S. The quantitative estimate of drug-likeness (QED) is 0.362. The van der Waals surface area contributed by atoms with E-state index in [1.807, 2.05) is 59.2 Å². The van der Waals surface area contributed by atoms with Crippen molar-refractivity contribution in [1.82, 2.24) is 14.8 Å². The van der Waals surface area contributed by atoms with E-state index in [1.165, 1.54) is 6.07 Å². The number of hydrogen-bond donors (Lipinski definition) is 0. The fourth-order valence-electron chi connectivity index (χ4n) is 2.94. The third kappa shape index (κ3) is 4.63. The standard InChI is InChI=1S/C23H20FN3O2S/c1-28-19-11-7-8-17(14-19)16-30-23-26-25-22(27(23)18-9-3-2-4-10-18)15-29-21-13-6-5-12-20(21)24/h2-14H,15-16H2,1H3. The van der Waals surface area contributed by atoms with E-state index in [-0.39, 0.29) is 12.4 Å². The molecule has 0 unspecified atom stereocenters. The molecule has 1 aromatic heterocycles. The van der Waals surface area contributed by atoms with Crippen LogP contribution in [-0.4, -0.2) is 21.9 Å². The summed E-state index contributed by atoms with van der Waals surface area (Å²) in [5.41, 5.74) is 2.04. The topological polar surface area (TPSA) is 49.2 Å². The van der Waals surface area contributed by atoms with E-state index in [9.17, 15) is 4.39 Å². The highest BCUT2D eigenvalue weighted by molar-refractivity contribution is 7.98. The Morgan fingerprint density at radius 1 is 0.933 bits per heavy atom. The van der Waals surface area contributed by atoms with Crippen molar-refractivity contribution < 1.29 is 13.9 Å². The molecule has 0 saturated carbocycles. The predicted octanol–water partition coefficient (Wildman–Crippen LogP) is 5.29. The maximum Gasteiger partial charge on any atom is 0.196 e. The van der Waals surface area contributed by atoms with Crippen LogP contribution in [0.25, 0.3) is 5.69 Å². The number of thioether (sulfide) groups is 1. The van der Waals surface area contributed by atoms with Gasteiger partial charge in [0.2, 0.25) is 0 Å². The minimum Gasteiger partial charge on any atom is -0.497 e. The average molecular weight is 421 g/mol. The monoisotopic (exact) mass is 421 g/mol. The SMILES string of the molecule is COc1cccc(CSc2nnc(COc3ccccc3F)n2-c2ccccc2)c1. The van der Waals surface area contributed by atoms with Crippen molar-refractivity contribution >= 4 is 11.8 Å². The van der Waals surface area contributed by atoms with Crippen molar-refractivity contribution in [2.24, 2.45) is 0 Å². The summed E-state index contributed by atoms with van der Waals surface area (Å²) in [5.74, 6) is 1.90. The predicted molar refractivity (Wildman–Crippen MR) is 115 cm³/mol. The second kappa shape index (κ2) is 9.45. The lowest BCUT2D eigenvalue weighted by Gasteiger charge is -2.11. The van der Waals surface area contributed by atoms with Crippen LogP contribution in [0.1, 0.15) is 11.4 Å². The second-order valence-electron chi connectivity index (χ2n) is 6.43. The van der Waals surface area contributed by atoms with Crippen LogP contribution in [-0.2, 0) is 12.4 Å². The van der Waals surface area contributed by atoms with E-state index in [4.69, 9.17) is 9.47 Å². The second-order valence-corrected chi connectivity index (χ2v) is 7.37. The molecule has 30 heavy (non-hydrogen) atoms. The van der Waals surface area contributed by atoms with Crippen LogP contribution in [0.5, 0.6) is 11.5 Å². The summed E-state index contributed by atoms with van der Waals surface area (Å²) in [7, 11) is 1.65. The summed E-state index contributed by atoms with van der Waals surface area (Å²) in [6.45, 7) is 0.0997. The highest BCUT2D eigenvalue weighted by atomic mass is 32.2. The van der Waals surface area contributed by atoms with Gasteiger partial charge >= 0.3 is 0 Å². The van der Waals surface area contributed by atoms with E-state index in [1.54, 1.807) is 37.1 Å². The highest BCUT2D eigenvalue weighted by Crippen LogP contribution is 2.27. The molecule has 0 aliphatic rings. The summed E-state index contributed by atoms with van der Waals surface area (Å²) in [6.07, 6.45) is 0. The minimum atomic E-state index is -0.407. The van der Waals surface area contributed by atoms with Gasteiger partial charge in [-0.3, -0.25) is 4.57 Å². The van der Waals surface area contributed by atoms with Crippen LogP contribution in [0, 0.1) is 5.82 Å². The molecule has 0 aliphatic heterocycles. The van der Waals surface area contributed by atoms with Gasteiger partial charge < -0.3 is 9.47 Å². The number of halogens is 1. The van der Waals surface area contributed by atoms with Crippen LogP contribution in [0.2, 0.25) is 0 Å². The summed E-state index contributed by atoms with van der Waals surface area (Å²) in [4.78, 5) is 0. The number of aromatic nitrogens is 3. The largest absolute Gasteiger partial charge is 0.497 e. The Labute approximate surface area is 178 Å². The normalized spacial score (nSPS) is 10.7. The fraction of sp³-hybridized carbons (Fsp3) is 0.130. The lowest BCUT2D eigenvalue weighted by Crippen LogP contribution is -2.07. The van der Waals surface area contributed by atoms with Crippen molar-refractivity contribution in [2.75, 3.05) is 7.11 Å². The zero-order chi connectivity index (χ0) is 20.8. The first-order valence-electron chi connectivity index (χ1n) is 9.37. The van der Waals surface area contributed by atoms with Crippen LogP contribution < -0.4 is 9.47 Å². The van der Waals surface area contributed by atoms with E-state index < -0.39 is 5.82 Å². The molecule has 0 bridgehead atoms. The van der Waals surface area contributed by atoms with Gasteiger partial charge in [0.15, 0.2) is 22.5 Å². The molecular weight excluding hydrogens is 401 g/mol. The first-order chi connectivity index (χ1) is 14.7. The molecule has 152 valence electrons. The smallest absolute Gasteiger partial charge is 0.196 e. The Hall–Kier alpha value is -3.32. The number of para-hydroxylation sites is 2. The molecule has 4 aromatic rings. The van der Waals surface area contributed by atoms with Crippen LogP contribution in [0.3, 0.4) is 0 Å². The summed E-state index contributed by atoms with van der Waals surface area (Å²) >= 11 is 1.56. The molecule has 0 atom stereocenters. The van der Waals surface area contributed by atoms with E-state index in [0.717, 1.165) is 22.2 Å². The van der Waals surface area contributed by atoms with Gasteiger partial charge in [-0.1, -0.05) is 54.2 Å². The van der Waals surface area contributed by atoms with Crippen molar-refractivity contribution in [1.29, 1.82) is 0 Å². The van der Waals surface area contributed by atoms with Gasteiger partial charge in [0.1, 0.15) is 12.4 Å². The molecule has 3 aromatic carbocycles. The molecule has 1 heterocycles. The van der Waals surface area contributed by atoms with Gasteiger partial charge in [0.05, 0.1) is 7.11 Å². The third-order valence-corrected chi connectivity index (χ3v) is 5.41. The van der Waals surface area contributed by atoms with Gasteiger partial charge in [0.25, 0.3) is 0 Å². The zero-order valence-corrected chi connectivity index (χ0v) is 17.2. The molecule has 0 N–H and O–H groups in total. The Kier molecular flexibility index (Phi) is 6.29. The van der Waals surface area contributed by atoms with Gasteiger partial charge in [-0.15, -0.1) is 10.2 Å². The number of hydrogen-bond acceptors (Lipinski definition) is 5. The number of rotatable bonds is 8. The Bertz CT molecular complexity index is 1120. The Morgan fingerprint density at radius 3 is 2.53 bits per heavy atom. The average Bonchev–Trinajstić information content (AvgIpc) is 3.20. The fourth-order valence-corrected chi connectivity index (χ4v) is 3.85. The first kappa shape index (κ1) is 20.0. The van der Waals surface area contributed by atoms with Gasteiger partial charge in [-0.25, -0.2) is 4.39 Å². The summed E-state index contributed by atoms with van der Waals surface area (Å²) in [6, 6.07) is 24.0. The van der Waals surface area contributed by atoms with Gasteiger partial charge in [-0.05, 0) is 42.0 Å². The molecule has 7 heteroatoms. The lowest BCUT2D eigenvalue weighted by atomic mass is 10.2. The van der Waals surface area contributed by atoms with E-state index in [2.05, 4.69) is 10.2 Å². The molecule has 0 fully saturated rings. The van der Waals surface area contributed by atoms with Crippen molar-refractivity contribution in [2.45, 2.75) is 17.5 Å². The minimum absolute atomic E-state index is 0.0997. The lowest BCUT2D eigenvalue weighted by molar-refractivity contribution is 0.278. The molecule has 4 rings (SSSR count). The van der Waals surface area contributed by atoms with Crippen LogP contribution in [0.15, 0.2) is 84.0 Å². The molecule has 0 aliphatic carbocycles. The van der Waals surface area contributed by atoms with Crippen molar-refractivity contribution in [3.63, 3.8) is 0 Å². The number of methoxy groups -OCH3 is 1.